The van der Waals surface area contributed by atoms with Gasteiger partial charge >= 0.3 is 0 Å². The second kappa shape index (κ2) is 7.21. The van der Waals surface area contributed by atoms with Crippen LogP contribution in [-0.2, 0) is 6.42 Å². The van der Waals surface area contributed by atoms with Gasteiger partial charge in [-0.15, -0.1) is 5.10 Å². The van der Waals surface area contributed by atoms with E-state index in [9.17, 15) is 4.79 Å². The molecule has 20 heavy (non-hydrogen) atoms. The van der Waals surface area contributed by atoms with E-state index in [0.29, 0.717) is 29.5 Å². The van der Waals surface area contributed by atoms with Crippen molar-refractivity contribution in [1.82, 2.24) is 14.9 Å². The van der Waals surface area contributed by atoms with E-state index in [-0.39, 0.29) is 5.91 Å². The van der Waals surface area contributed by atoms with Crippen LogP contribution in [0.2, 0.25) is 5.02 Å². The standard InChI is InChI=1S/C13H14ClN3O2S/c1-2-11-12(20-17-16-11)13(18)15-7-8-19-10-5-3-9(14)4-6-10/h3-6H,2,7-8H2,1H3,(H,15,18). The Labute approximate surface area is 126 Å². The molecule has 0 saturated carbocycles. The van der Waals surface area contributed by atoms with Crippen LogP contribution in [-0.4, -0.2) is 28.6 Å². The average Bonchev–Trinajstić information content (AvgIpc) is 2.94. The summed E-state index contributed by atoms with van der Waals surface area (Å²) in [6.45, 7) is 2.75. The number of carbonyl (C=O) groups is 1. The molecule has 0 spiro atoms. The van der Waals surface area contributed by atoms with E-state index < -0.39 is 0 Å². The summed E-state index contributed by atoms with van der Waals surface area (Å²) in [7, 11) is 0. The topological polar surface area (TPSA) is 64.1 Å². The maximum absolute atomic E-state index is 11.9. The highest BCUT2D eigenvalue weighted by atomic mass is 35.5. The molecule has 0 aliphatic rings. The largest absolute Gasteiger partial charge is 0.492 e. The van der Waals surface area contributed by atoms with E-state index >= 15 is 0 Å². The summed E-state index contributed by atoms with van der Waals surface area (Å²) in [5, 5.41) is 7.35. The van der Waals surface area contributed by atoms with Crippen LogP contribution < -0.4 is 10.1 Å². The molecule has 1 N–H and O–H groups in total. The van der Waals surface area contributed by atoms with Gasteiger partial charge in [0.15, 0.2) is 0 Å². The first-order valence-electron chi connectivity index (χ1n) is 6.18. The van der Waals surface area contributed by atoms with Gasteiger partial charge in [-0.25, -0.2) is 0 Å². The Morgan fingerprint density at radius 2 is 2.15 bits per heavy atom. The summed E-state index contributed by atoms with van der Waals surface area (Å²) in [5.41, 5.74) is 0.728. The molecule has 1 heterocycles. The van der Waals surface area contributed by atoms with Crippen molar-refractivity contribution in [3.63, 3.8) is 0 Å². The van der Waals surface area contributed by atoms with Gasteiger partial charge in [0.2, 0.25) is 0 Å². The number of amides is 1. The molecule has 5 nitrogen and oxygen atoms in total. The monoisotopic (exact) mass is 311 g/mol. The number of rotatable bonds is 6. The lowest BCUT2D eigenvalue weighted by molar-refractivity contribution is 0.0950. The lowest BCUT2D eigenvalue weighted by atomic mass is 10.3. The number of carbonyl (C=O) groups excluding carboxylic acids is 1. The molecule has 106 valence electrons. The van der Waals surface area contributed by atoms with Gasteiger partial charge in [-0.05, 0) is 42.2 Å². The highest BCUT2D eigenvalue weighted by Gasteiger charge is 2.14. The SMILES string of the molecule is CCc1nnsc1C(=O)NCCOc1ccc(Cl)cc1. The van der Waals surface area contributed by atoms with Crippen LogP contribution in [0, 0.1) is 0 Å². The molecule has 7 heteroatoms. The number of aromatic nitrogens is 2. The van der Waals surface area contributed by atoms with Gasteiger partial charge in [0.1, 0.15) is 17.2 Å². The lowest BCUT2D eigenvalue weighted by Crippen LogP contribution is -2.28. The van der Waals surface area contributed by atoms with Gasteiger partial charge in [0.05, 0.1) is 12.2 Å². The third-order valence-corrected chi connectivity index (χ3v) is 3.59. The fraction of sp³-hybridized carbons (Fsp3) is 0.308. The molecule has 0 unspecified atom stereocenters. The Bertz CT molecular complexity index is 571. The van der Waals surface area contributed by atoms with Crippen LogP contribution in [0.1, 0.15) is 22.3 Å². The van der Waals surface area contributed by atoms with E-state index in [4.69, 9.17) is 16.3 Å². The Morgan fingerprint density at radius 3 is 2.85 bits per heavy atom. The first kappa shape index (κ1) is 14.7. The summed E-state index contributed by atoms with van der Waals surface area (Å²) in [6, 6.07) is 7.08. The number of ether oxygens (including phenoxy) is 1. The zero-order valence-electron chi connectivity index (χ0n) is 10.9. The molecule has 0 fully saturated rings. The lowest BCUT2D eigenvalue weighted by Gasteiger charge is -2.07. The van der Waals surface area contributed by atoms with Crippen LogP contribution in [0.15, 0.2) is 24.3 Å². The van der Waals surface area contributed by atoms with Crippen LogP contribution in [0.4, 0.5) is 0 Å². The zero-order chi connectivity index (χ0) is 14.4. The summed E-state index contributed by atoms with van der Waals surface area (Å²) in [4.78, 5) is 12.5. The fourth-order valence-electron chi connectivity index (χ4n) is 1.56. The first-order chi connectivity index (χ1) is 9.70. The van der Waals surface area contributed by atoms with Gasteiger partial charge in [0.25, 0.3) is 5.91 Å². The minimum absolute atomic E-state index is 0.156. The average molecular weight is 312 g/mol. The molecule has 2 rings (SSSR count). The molecule has 1 amide bonds. The molecule has 0 bridgehead atoms. The molecular weight excluding hydrogens is 298 g/mol. The van der Waals surface area contributed by atoms with Crippen molar-refractivity contribution in [1.29, 1.82) is 0 Å². The van der Waals surface area contributed by atoms with Crippen molar-refractivity contribution < 1.29 is 9.53 Å². The van der Waals surface area contributed by atoms with Gasteiger partial charge in [-0.2, -0.15) is 0 Å². The van der Waals surface area contributed by atoms with Crippen molar-refractivity contribution in [2.24, 2.45) is 0 Å². The van der Waals surface area contributed by atoms with E-state index in [0.717, 1.165) is 23.0 Å². The molecule has 1 aromatic carbocycles. The molecule has 0 radical (unpaired) electrons. The second-order valence-electron chi connectivity index (χ2n) is 3.96. The minimum atomic E-state index is -0.156. The number of benzene rings is 1. The van der Waals surface area contributed by atoms with Gasteiger partial charge in [0, 0.05) is 5.02 Å². The number of aryl methyl sites for hydroxylation is 1. The number of nitrogens with zero attached hydrogens (tertiary/aromatic N) is 2. The van der Waals surface area contributed by atoms with Crippen molar-refractivity contribution in [3.05, 3.63) is 39.9 Å². The highest BCUT2D eigenvalue weighted by molar-refractivity contribution is 7.08. The van der Waals surface area contributed by atoms with Crippen molar-refractivity contribution in [2.75, 3.05) is 13.2 Å². The molecule has 0 atom stereocenters. The molecule has 1 aromatic heterocycles. The predicted molar refractivity (Wildman–Crippen MR) is 78.6 cm³/mol. The third kappa shape index (κ3) is 3.91. The van der Waals surface area contributed by atoms with E-state index in [1.165, 1.54) is 0 Å². The van der Waals surface area contributed by atoms with E-state index in [2.05, 4.69) is 14.9 Å². The van der Waals surface area contributed by atoms with E-state index in [1.54, 1.807) is 24.3 Å². The number of halogens is 1. The molecule has 0 aliphatic carbocycles. The Morgan fingerprint density at radius 1 is 1.40 bits per heavy atom. The molecule has 0 saturated heterocycles. The van der Waals surface area contributed by atoms with Gasteiger partial charge in [-0.3, -0.25) is 4.79 Å². The van der Waals surface area contributed by atoms with Crippen molar-refractivity contribution >= 4 is 29.0 Å². The summed E-state index contributed by atoms with van der Waals surface area (Å²) in [5.74, 6) is 0.564. The Balaban J connectivity index is 1.76. The smallest absolute Gasteiger partial charge is 0.265 e. The maximum atomic E-state index is 11.9. The second-order valence-corrected chi connectivity index (χ2v) is 5.15. The van der Waals surface area contributed by atoms with E-state index in [1.807, 2.05) is 6.92 Å². The summed E-state index contributed by atoms with van der Waals surface area (Å²) >= 11 is 6.89. The fourth-order valence-corrected chi connectivity index (χ4v) is 2.35. The molecular formula is C13H14ClN3O2S. The normalized spacial score (nSPS) is 10.3. The minimum Gasteiger partial charge on any atom is -0.492 e. The van der Waals surface area contributed by atoms with Crippen LogP contribution in [0.3, 0.4) is 0 Å². The maximum Gasteiger partial charge on any atom is 0.265 e. The predicted octanol–water partition coefficient (Wildman–Crippen LogP) is 2.56. The number of hydrogen-bond acceptors (Lipinski definition) is 5. The number of nitrogens with one attached hydrogen (secondary N) is 1. The van der Waals surface area contributed by atoms with Crippen LogP contribution in [0.5, 0.6) is 5.75 Å². The molecule has 0 aliphatic heterocycles. The quantitative estimate of drug-likeness (QED) is 0.833. The Kier molecular flexibility index (Phi) is 5.31. The van der Waals surface area contributed by atoms with Crippen LogP contribution in [0.25, 0.3) is 0 Å². The zero-order valence-corrected chi connectivity index (χ0v) is 12.5. The van der Waals surface area contributed by atoms with Crippen molar-refractivity contribution in [2.45, 2.75) is 13.3 Å². The third-order valence-electron chi connectivity index (χ3n) is 2.57. The summed E-state index contributed by atoms with van der Waals surface area (Å²) < 4.78 is 9.27. The Hall–Kier alpha value is -1.66. The summed E-state index contributed by atoms with van der Waals surface area (Å²) in [6.07, 6.45) is 0.695. The highest BCUT2D eigenvalue weighted by Crippen LogP contribution is 2.15. The van der Waals surface area contributed by atoms with Crippen LogP contribution >= 0.6 is 23.1 Å². The first-order valence-corrected chi connectivity index (χ1v) is 7.33. The van der Waals surface area contributed by atoms with Gasteiger partial charge in [-0.1, -0.05) is 23.0 Å². The number of hydrogen-bond donors (Lipinski definition) is 1. The van der Waals surface area contributed by atoms with Gasteiger partial charge < -0.3 is 10.1 Å². The van der Waals surface area contributed by atoms with Crippen molar-refractivity contribution in [3.8, 4) is 5.75 Å². The molecule has 2 aromatic rings.